The second-order valence-electron chi connectivity index (χ2n) is 7.68. The van der Waals surface area contributed by atoms with Crippen molar-refractivity contribution < 1.29 is 18.7 Å². The summed E-state index contributed by atoms with van der Waals surface area (Å²) in [6, 6.07) is 10.5. The fraction of sp³-hybridized carbons (Fsp3) is 0.120. The van der Waals surface area contributed by atoms with E-state index < -0.39 is 18.0 Å². The molecule has 2 N–H and O–H groups in total. The van der Waals surface area contributed by atoms with Crippen LogP contribution in [-0.2, 0) is 6.54 Å². The van der Waals surface area contributed by atoms with Gasteiger partial charge in [0.15, 0.2) is 0 Å². The van der Waals surface area contributed by atoms with Crippen molar-refractivity contribution in [2.45, 2.75) is 19.1 Å². The minimum absolute atomic E-state index is 0.169. The molecule has 2 heterocycles. The number of aromatic nitrogens is 2. The Kier molecular flexibility index (Phi) is 5.26. The summed E-state index contributed by atoms with van der Waals surface area (Å²) in [4.78, 5) is 24.6. The van der Waals surface area contributed by atoms with Gasteiger partial charge in [-0.2, -0.15) is 0 Å². The van der Waals surface area contributed by atoms with Crippen LogP contribution in [0.1, 0.15) is 27.9 Å². The number of fused-ring (bicyclic) bond motifs is 3. The van der Waals surface area contributed by atoms with Gasteiger partial charge in [0.1, 0.15) is 12.0 Å². The number of hydrogen-bond donors (Lipinski definition) is 2. The molecule has 1 aromatic heterocycles. The molecule has 1 unspecified atom stereocenters. The summed E-state index contributed by atoms with van der Waals surface area (Å²) < 4.78 is 28.9. The number of aromatic carboxylic acids is 1. The number of halogens is 2. The Hall–Kier alpha value is -4.20. The van der Waals surface area contributed by atoms with Crippen LogP contribution in [0.2, 0.25) is 0 Å². The van der Waals surface area contributed by atoms with Crippen molar-refractivity contribution in [2.75, 3.05) is 5.32 Å². The zero-order valence-electron chi connectivity index (χ0n) is 17.3. The molecule has 164 valence electrons. The van der Waals surface area contributed by atoms with Crippen molar-refractivity contribution in [2.24, 2.45) is 4.99 Å². The van der Waals surface area contributed by atoms with Crippen molar-refractivity contribution in [3.05, 3.63) is 95.0 Å². The summed E-state index contributed by atoms with van der Waals surface area (Å²) >= 11 is 0. The number of carbonyl (C=O) groups is 1. The van der Waals surface area contributed by atoms with Crippen LogP contribution in [0.5, 0.6) is 0 Å². The Morgan fingerprint density at radius 3 is 2.70 bits per heavy atom. The van der Waals surface area contributed by atoms with Gasteiger partial charge in [-0.05, 0) is 42.5 Å². The van der Waals surface area contributed by atoms with Crippen LogP contribution in [0.25, 0.3) is 11.3 Å². The third kappa shape index (κ3) is 4.03. The Morgan fingerprint density at radius 1 is 1.12 bits per heavy atom. The van der Waals surface area contributed by atoms with Crippen molar-refractivity contribution in [1.82, 2.24) is 9.97 Å². The minimum Gasteiger partial charge on any atom is -0.478 e. The lowest BCUT2D eigenvalue weighted by Gasteiger charge is -2.18. The van der Waals surface area contributed by atoms with Gasteiger partial charge >= 0.3 is 5.97 Å². The molecule has 0 spiro atoms. The maximum absolute atomic E-state index is 14.7. The van der Waals surface area contributed by atoms with Gasteiger partial charge < -0.3 is 10.4 Å². The second-order valence-corrected chi connectivity index (χ2v) is 7.68. The predicted molar refractivity (Wildman–Crippen MR) is 121 cm³/mol. The summed E-state index contributed by atoms with van der Waals surface area (Å²) in [6.07, 6.45) is 5.87. The number of alkyl halides is 1. The first-order valence-corrected chi connectivity index (χ1v) is 10.3. The molecule has 1 aliphatic heterocycles. The van der Waals surface area contributed by atoms with Crippen molar-refractivity contribution in [3.63, 3.8) is 0 Å². The lowest BCUT2D eigenvalue weighted by Crippen LogP contribution is -2.17. The molecular formula is C25H18F2N4O2. The Morgan fingerprint density at radius 2 is 1.94 bits per heavy atom. The molecule has 2 aliphatic rings. The number of anilines is 2. The average Bonchev–Trinajstić information content (AvgIpc) is 2.96. The molecule has 0 amide bonds. The molecule has 5 rings (SSSR count). The van der Waals surface area contributed by atoms with E-state index >= 15 is 0 Å². The van der Waals surface area contributed by atoms with E-state index in [1.54, 1.807) is 42.6 Å². The molecule has 0 saturated heterocycles. The molecule has 0 fully saturated rings. The zero-order chi connectivity index (χ0) is 22.9. The standard InChI is InChI=1S/C25H18F2N4O2/c26-16-7-10-18-20(11-16)23(19-3-1-2-4-21(19)27)28-12-15-13-29-25(31-22(15)18)30-17-8-5-14(6-9-17)24(32)33/h1-3,5-11,13,21H,4,12H2,(H,32,33)(H,29,30,31). The molecule has 0 bridgehead atoms. The van der Waals surface area contributed by atoms with Gasteiger partial charge in [0, 0.05) is 40.6 Å². The maximum Gasteiger partial charge on any atom is 0.335 e. The van der Waals surface area contributed by atoms with E-state index in [0.717, 1.165) is 5.56 Å². The van der Waals surface area contributed by atoms with Crippen molar-refractivity contribution in [3.8, 4) is 11.3 Å². The molecule has 33 heavy (non-hydrogen) atoms. The summed E-state index contributed by atoms with van der Waals surface area (Å²) in [5.74, 6) is -1.17. The quantitative estimate of drug-likeness (QED) is 0.574. The molecule has 0 saturated carbocycles. The fourth-order valence-corrected chi connectivity index (χ4v) is 3.88. The number of rotatable bonds is 4. The number of nitrogens with one attached hydrogen (secondary N) is 1. The molecule has 3 aromatic rings. The van der Waals surface area contributed by atoms with E-state index in [0.29, 0.717) is 39.7 Å². The van der Waals surface area contributed by atoms with Gasteiger partial charge in [0.05, 0.1) is 23.5 Å². The summed E-state index contributed by atoms with van der Waals surface area (Å²) in [5.41, 5.74) is 4.04. The van der Waals surface area contributed by atoms with Gasteiger partial charge in [-0.3, -0.25) is 4.99 Å². The lowest BCUT2D eigenvalue weighted by atomic mass is 9.90. The van der Waals surface area contributed by atoms with Crippen LogP contribution in [-0.4, -0.2) is 32.9 Å². The largest absolute Gasteiger partial charge is 0.478 e. The number of aliphatic imine (C=N–C) groups is 1. The van der Waals surface area contributed by atoms with Crippen LogP contribution in [0.15, 0.2) is 77.5 Å². The van der Waals surface area contributed by atoms with Gasteiger partial charge in [-0.1, -0.05) is 18.2 Å². The van der Waals surface area contributed by atoms with E-state index in [9.17, 15) is 13.6 Å². The average molecular weight is 444 g/mol. The monoisotopic (exact) mass is 444 g/mol. The number of nitrogens with zero attached hydrogens (tertiary/aromatic N) is 3. The maximum atomic E-state index is 14.7. The predicted octanol–water partition coefficient (Wildman–Crippen LogP) is 5.25. The highest BCUT2D eigenvalue weighted by atomic mass is 19.1. The molecule has 6 nitrogen and oxygen atoms in total. The van der Waals surface area contributed by atoms with Crippen molar-refractivity contribution in [1.29, 1.82) is 0 Å². The number of allylic oxidation sites excluding steroid dienone is 4. The Labute approximate surface area is 188 Å². The van der Waals surface area contributed by atoms with Crippen LogP contribution in [0, 0.1) is 5.82 Å². The van der Waals surface area contributed by atoms with Crippen LogP contribution < -0.4 is 5.32 Å². The van der Waals surface area contributed by atoms with E-state index in [2.05, 4.69) is 20.3 Å². The Bertz CT molecular complexity index is 1350. The van der Waals surface area contributed by atoms with Gasteiger partial charge in [-0.25, -0.2) is 23.5 Å². The highest BCUT2D eigenvalue weighted by Crippen LogP contribution is 2.34. The van der Waals surface area contributed by atoms with E-state index in [1.807, 2.05) is 0 Å². The van der Waals surface area contributed by atoms with Crippen molar-refractivity contribution >= 4 is 23.3 Å². The second kappa shape index (κ2) is 8.38. The fourth-order valence-electron chi connectivity index (χ4n) is 3.88. The SMILES string of the molecule is O=C(O)c1ccc(Nc2ncc3c(n2)-c2ccc(F)cc2C(C2=CC=CCC2F)=NC3)cc1. The number of benzene rings is 2. The smallest absolute Gasteiger partial charge is 0.335 e. The zero-order valence-corrected chi connectivity index (χ0v) is 17.3. The first-order chi connectivity index (χ1) is 16.0. The summed E-state index contributed by atoms with van der Waals surface area (Å²) in [6.45, 7) is 0.225. The summed E-state index contributed by atoms with van der Waals surface area (Å²) in [7, 11) is 0. The third-order valence-electron chi connectivity index (χ3n) is 5.52. The highest BCUT2D eigenvalue weighted by Gasteiger charge is 2.26. The van der Waals surface area contributed by atoms with E-state index in [1.165, 1.54) is 24.3 Å². The van der Waals surface area contributed by atoms with Gasteiger partial charge in [0.2, 0.25) is 5.95 Å². The number of carboxylic acids is 1. The normalized spacial score (nSPS) is 16.7. The first-order valence-electron chi connectivity index (χ1n) is 10.3. The highest BCUT2D eigenvalue weighted by molar-refractivity contribution is 6.17. The Balaban J connectivity index is 1.55. The van der Waals surface area contributed by atoms with Crippen LogP contribution in [0.4, 0.5) is 20.4 Å². The van der Waals surface area contributed by atoms with Gasteiger partial charge in [0.25, 0.3) is 0 Å². The molecule has 1 atom stereocenters. The first kappa shape index (κ1) is 20.7. The van der Waals surface area contributed by atoms with Gasteiger partial charge in [-0.15, -0.1) is 0 Å². The molecule has 0 radical (unpaired) electrons. The molecular weight excluding hydrogens is 426 g/mol. The molecule has 8 heteroatoms. The lowest BCUT2D eigenvalue weighted by molar-refractivity contribution is 0.0697. The van der Waals surface area contributed by atoms with E-state index in [4.69, 9.17) is 5.11 Å². The third-order valence-corrected chi connectivity index (χ3v) is 5.52. The molecule has 2 aromatic carbocycles. The summed E-state index contributed by atoms with van der Waals surface area (Å²) in [5, 5.41) is 12.1. The minimum atomic E-state index is -1.22. The number of carboxylic acid groups (broad SMARTS) is 1. The van der Waals surface area contributed by atoms with Crippen LogP contribution in [0.3, 0.4) is 0 Å². The number of hydrogen-bond acceptors (Lipinski definition) is 5. The molecule has 1 aliphatic carbocycles. The van der Waals surface area contributed by atoms with Crippen LogP contribution >= 0.6 is 0 Å². The van der Waals surface area contributed by atoms with E-state index in [-0.39, 0.29) is 18.5 Å². The topological polar surface area (TPSA) is 87.5 Å².